The average molecular weight is 667 g/mol. The molecule has 46 heavy (non-hydrogen) atoms. The van der Waals surface area contributed by atoms with Crippen LogP contribution in [0.2, 0.25) is 0 Å². The molecule has 4 N–H and O–H groups in total. The molecule has 0 bridgehead atoms. The van der Waals surface area contributed by atoms with E-state index in [4.69, 9.17) is 4.74 Å². The summed E-state index contributed by atoms with van der Waals surface area (Å²) in [6, 6.07) is -2.90. The van der Waals surface area contributed by atoms with Crippen LogP contribution < -0.4 is 16.0 Å². The van der Waals surface area contributed by atoms with E-state index in [-0.39, 0.29) is 18.4 Å². The van der Waals surface area contributed by atoms with Crippen molar-refractivity contribution >= 4 is 41.4 Å². The second-order valence-electron chi connectivity index (χ2n) is 12.5. The summed E-state index contributed by atoms with van der Waals surface area (Å²) in [7, 11) is 1.24. The number of thioether (sulfide) groups is 1. The van der Waals surface area contributed by atoms with Gasteiger partial charge in [-0.25, -0.2) is 9.86 Å². The molecular formula is C34H58N4O7S. The first-order valence-corrected chi connectivity index (χ1v) is 17.3. The maximum Gasteiger partial charge on any atom is 0.328 e. The minimum absolute atomic E-state index is 0.0655. The Morgan fingerprint density at radius 2 is 1.33 bits per heavy atom. The molecule has 0 unspecified atom stereocenters. The summed E-state index contributed by atoms with van der Waals surface area (Å²) in [5.74, 6) is -3.36. The molecule has 0 saturated carbocycles. The van der Waals surface area contributed by atoms with Crippen LogP contribution in [0.5, 0.6) is 0 Å². The number of amides is 4. The van der Waals surface area contributed by atoms with Crippen LogP contribution >= 0.6 is 11.8 Å². The second-order valence-corrected chi connectivity index (χ2v) is 13.5. The number of hydroxylamine groups is 2. The van der Waals surface area contributed by atoms with Gasteiger partial charge in [-0.3, -0.25) is 24.4 Å². The second kappa shape index (κ2) is 23.2. The standard InChI is InChI=1S/C34H58N4O7S/c1-22(2)13-11-14-25(7)15-12-16-26(8)17-19-38(44)29(40)21-28(39)36-30(23(3)4)33(42)37-31(24(5)6)32(41)35-27(18-20-46-10)34(43)45-9/h13,15,17,23-24,27,30-31,44H,11-12,14,16,18-21H2,1-10H3,(H,35,41)(H,36,39)(H,37,42)/b25-15+,26-17+/t27-,30-,31-/m0/s1. The first-order valence-electron chi connectivity index (χ1n) is 15.9. The molecular weight excluding hydrogens is 608 g/mol. The summed E-state index contributed by atoms with van der Waals surface area (Å²) in [5, 5.41) is 18.6. The Balaban J connectivity index is 5.15. The lowest BCUT2D eigenvalue weighted by Gasteiger charge is -2.28. The van der Waals surface area contributed by atoms with Crippen LogP contribution in [0.3, 0.4) is 0 Å². The van der Waals surface area contributed by atoms with Gasteiger partial charge >= 0.3 is 5.97 Å². The fourth-order valence-corrected chi connectivity index (χ4v) is 4.81. The molecule has 0 aliphatic rings. The van der Waals surface area contributed by atoms with Gasteiger partial charge in [0.25, 0.3) is 5.91 Å². The summed E-state index contributed by atoms with van der Waals surface area (Å²) in [5.41, 5.74) is 3.64. The van der Waals surface area contributed by atoms with Crippen molar-refractivity contribution in [3.05, 3.63) is 34.9 Å². The minimum Gasteiger partial charge on any atom is -0.467 e. The summed E-state index contributed by atoms with van der Waals surface area (Å²) < 4.78 is 4.81. The Labute approximate surface area is 280 Å². The zero-order chi connectivity index (χ0) is 35.4. The summed E-state index contributed by atoms with van der Waals surface area (Å²) >= 11 is 1.52. The first kappa shape index (κ1) is 42.9. The molecule has 0 spiro atoms. The number of ether oxygens (including phenoxy) is 1. The normalized spacial score (nSPS) is 13.8. The quantitative estimate of drug-likeness (QED) is 0.0452. The fourth-order valence-electron chi connectivity index (χ4n) is 4.34. The van der Waals surface area contributed by atoms with Gasteiger partial charge in [-0.2, -0.15) is 11.8 Å². The Morgan fingerprint density at radius 3 is 1.85 bits per heavy atom. The van der Waals surface area contributed by atoms with E-state index in [0.29, 0.717) is 17.2 Å². The zero-order valence-corrected chi connectivity index (χ0v) is 30.3. The number of carbonyl (C=O) groups is 5. The van der Waals surface area contributed by atoms with Crippen molar-refractivity contribution in [1.82, 2.24) is 21.0 Å². The van der Waals surface area contributed by atoms with Gasteiger partial charge in [0.1, 0.15) is 24.5 Å². The minimum atomic E-state index is -1.05. The van der Waals surface area contributed by atoms with Gasteiger partial charge in [0.15, 0.2) is 0 Å². The van der Waals surface area contributed by atoms with Crippen molar-refractivity contribution in [2.75, 3.05) is 25.7 Å². The molecule has 0 aliphatic heterocycles. The summed E-state index contributed by atoms with van der Waals surface area (Å²) in [6.45, 7) is 15.1. The van der Waals surface area contributed by atoms with Gasteiger partial charge in [0, 0.05) is 0 Å². The van der Waals surface area contributed by atoms with Crippen LogP contribution in [-0.2, 0) is 28.7 Å². The number of hydrogen-bond acceptors (Lipinski definition) is 8. The average Bonchev–Trinajstić information content (AvgIpc) is 2.98. The van der Waals surface area contributed by atoms with Crippen LogP contribution in [0, 0.1) is 11.8 Å². The number of methoxy groups -OCH3 is 1. The van der Waals surface area contributed by atoms with Gasteiger partial charge < -0.3 is 20.7 Å². The number of hydrogen-bond donors (Lipinski definition) is 4. The lowest BCUT2D eigenvalue weighted by Crippen LogP contribution is -2.58. The third-order valence-electron chi connectivity index (χ3n) is 7.26. The van der Waals surface area contributed by atoms with Crippen LogP contribution in [0.15, 0.2) is 34.9 Å². The van der Waals surface area contributed by atoms with Crippen LogP contribution in [0.4, 0.5) is 0 Å². The predicted molar refractivity (Wildman–Crippen MR) is 184 cm³/mol. The van der Waals surface area contributed by atoms with E-state index < -0.39 is 54.1 Å². The molecule has 262 valence electrons. The number of nitrogens with one attached hydrogen (secondary N) is 3. The highest BCUT2D eigenvalue weighted by atomic mass is 32.2. The Morgan fingerprint density at radius 1 is 0.804 bits per heavy atom. The molecule has 0 aromatic rings. The van der Waals surface area contributed by atoms with Gasteiger partial charge in [-0.15, -0.1) is 0 Å². The zero-order valence-electron chi connectivity index (χ0n) is 29.5. The van der Waals surface area contributed by atoms with Gasteiger partial charge in [0.05, 0.1) is 13.7 Å². The highest BCUT2D eigenvalue weighted by Gasteiger charge is 2.33. The van der Waals surface area contributed by atoms with E-state index in [9.17, 15) is 29.2 Å². The maximum absolute atomic E-state index is 13.2. The van der Waals surface area contributed by atoms with Crippen LogP contribution in [-0.4, -0.2) is 83.7 Å². The Kier molecular flexibility index (Phi) is 21.7. The third kappa shape index (κ3) is 18.1. The molecule has 11 nitrogen and oxygen atoms in total. The number of nitrogens with zero attached hydrogens (tertiary/aromatic N) is 1. The highest BCUT2D eigenvalue weighted by Crippen LogP contribution is 2.12. The molecule has 0 saturated heterocycles. The van der Waals surface area contributed by atoms with Crippen molar-refractivity contribution in [2.24, 2.45) is 11.8 Å². The SMILES string of the molecule is COC(=O)[C@H](CCSC)NC(=O)[C@@H](NC(=O)[C@@H](NC(=O)CC(=O)N(O)C/C=C(\C)CC/C=C(\C)CCC=C(C)C)C(C)C)C(C)C. The van der Waals surface area contributed by atoms with Crippen molar-refractivity contribution in [1.29, 1.82) is 0 Å². The van der Waals surface area contributed by atoms with Crippen molar-refractivity contribution in [3.8, 4) is 0 Å². The van der Waals surface area contributed by atoms with E-state index in [2.05, 4.69) is 48.9 Å². The molecule has 12 heteroatoms. The maximum atomic E-state index is 13.2. The van der Waals surface area contributed by atoms with Crippen molar-refractivity contribution < 1.29 is 33.9 Å². The lowest BCUT2D eigenvalue weighted by molar-refractivity contribution is -0.164. The molecule has 0 aromatic carbocycles. The first-order chi connectivity index (χ1) is 21.5. The molecule has 4 amide bonds. The monoisotopic (exact) mass is 666 g/mol. The smallest absolute Gasteiger partial charge is 0.328 e. The lowest BCUT2D eigenvalue weighted by atomic mass is 9.99. The van der Waals surface area contributed by atoms with E-state index in [1.807, 2.05) is 13.2 Å². The molecule has 0 rings (SSSR count). The topological polar surface area (TPSA) is 154 Å². The number of allylic oxidation sites excluding steroid dienone is 5. The number of rotatable bonds is 21. The molecule has 0 fully saturated rings. The molecule has 0 aliphatic carbocycles. The molecule has 0 heterocycles. The summed E-state index contributed by atoms with van der Waals surface area (Å²) in [6.07, 6.45) is 11.4. The molecule has 0 aromatic heterocycles. The Bertz CT molecular complexity index is 1100. The number of carbonyl (C=O) groups excluding carboxylic acids is 5. The van der Waals surface area contributed by atoms with Crippen molar-refractivity contribution in [2.45, 2.75) is 112 Å². The van der Waals surface area contributed by atoms with E-state index in [1.54, 1.807) is 33.8 Å². The molecule has 0 radical (unpaired) electrons. The van der Waals surface area contributed by atoms with Gasteiger partial charge in [0.2, 0.25) is 17.7 Å². The summed E-state index contributed by atoms with van der Waals surface area (Å²) in [4.78, 5) is 63.8. The van der Waals surface area contributed by atoms with Crippen molar-refractivity contribution in [3.63, 3.8) is 0 Å². The van der Waals surface area contributed by atoms with E-state index >= 15 is 0 Å². The van der Waals surface area contributed by atoms with Crippen LogP contribution in [0.25, 0.3) is 0 Å². The van der Waals surface area contributed by atoms with E-state index in [1.165, 1.54) is 30.0 Å². The van der Waals surface area contributed by atoms with Crippen LogP contribution in [0.1, 0.15) is 93.9 Å². The van der Waals surface area contributed by atoms with E-state index in [0.717, 1.165) is 31.3 Å². The predicted octanol–water partition coefficient (Wildman–Crippen LogP) is 4.71. The Hall–Kier alpha value is -3.12. The molecule has 3 atom stereocenters. The van der Waals surface area contributed by atoms with Gasteiger partial charge in [-0.1, -0.05) is 62.6 Å². The highest BCUT2D eigenvalue weighted by molar-refractivity contribution is 7.98. The largest absolute Gasteiger partial charge is 0.467 e. The third-order valence-corrected chi connectivity index (χ3v) is 7.90. The number of esters is 1. The fraction of sp³-hybridized carbons (Fsp3) is 0.676. The van der Waals surface area contributed by atoms with Gasteiger partial charge in [-0.05, 0) is 83.6 Å².